The van der Waals surface area contributed by atoms with E-state index < -0.39 is 17.4 Å². The number of rotatable bonds is 2. The van der Waals surface area contributed by atoms with Crippen molar-refractivity contribution < 1.29 is 14.7 Å². The van der Waals surface area contributed by atoms with Crippen molar-refractivity contribution in [1.82, 2.24) is 10.2 Å². The first-order valence-electron chi connectivity index (χ1n) is 7.60. The van der Waals surface area contributed by atoms with Gasteiger partial charge in [-0.2, -0.15) is 0 Å². The molecule has 0 aromatic rings. The Hall–Kier alpha value is -1.26. The summed E-state index contributed by atoms with van der Waals surface area (Å²) in [6, 6.07) is -0.738. The largest absolute Gasteiger partial charge is 0.480 e. The Balaban J connectivity index is 2.02. The molecular formula is C15H26N2O3. The van der Waals surface area contributed by atoms with E-state index in [1.54, 1.807) is 0 Å². The van der Waals surface area contributed by atoms with E-state index in [9.17, 15) is 14.7 Å². The Bertz CT molecular complexity index is 389. The lowest BCUT2D eigenvalue weighted by atomic mass is 9.85. The predicted octanol–water partition coefficient (Wildman–Crippen LogP) is 2.46. The molecule has 1 heterocycles. The van der Waals surface area contributed by atoms with Gasteiger partial charge in [0.05, 0.1) is 0 Å². The highest BCUT2D eigenvalue weighted by Crippen LogP contribution is 2.36. The molecule has 1 aliphatic heterocycles. The molecule has 2 rings (SSSR count). The van der Waals surface area contributed by atoms with E-state index in [0.29, 0.717) is 12.0 Å². The number of carboxylic acid groups (broad SMARTS) is 1. The molecule has 0 aromatic heterocycles. The van der Waals surface area contributed by atoms with Gasteiger partial charge in [0.2, 0.25) is 0 Å². The number of likely N-dealkylation sites (tertiary alicyclic amines) is 1. The first kappa shape index (κ1) is 15.1. The standard InChI is InChI=1S/C15H26N2O3/c1-15(2,3)12(13(18)19)16-14(20)17-9-8-10-6-4-5-7-11(10)17/h10-12H,4-9H2,1-3H3,(H,16,20)(H,18,19)/t10?,11?,12-/m0/s1. The first-order valence-corrected chi connectivity index (χ1v) is 7.60. The van der Waals surface area contributed by atoms with Crippen LogP contribution < -0.4 is 5.32 Å². The topological polar surface area (TPSA) is 69.6 Å². The summed E-state index contributed by atoms with van der Waals surface area (Å²) >= 11 is 0. The third-order valence-corrected chi connectivity index (χ3v) is 4.65. The molecule has 1 saturated carbocycles. The molecule has 2 N–H and O–H groups in total. The van der Waals surface area contributed by atoms with E-state index in [4.69, 9.17) is 0 Å². The van der Waals surface area contributed by atoms with Gasteiger partial charge in [-0.1, -0.05) is 33.6 Å². The summed E-state index contributed by atoms with van der Waals surface area (Å²) in [6.45, 7) is 6.26. The maximum atomic E-state index is 12.4. The van der Waals surface area contributed by atoms with E-state index in [-0.39, 0.29) is 6.03 Å². The monoisotopic (exact) mass is 282 g/mol. The minimum absolute atomic E-state index is 0.207. The number of fused-ring (bicyclic) bond motifs is 1. The Kier molecular flexibility index (Phi) is 4.25. The molecule has 114 valence electrons. The van der Waals surface area contributed by atoms with Gasteiger partial charge in [0.1, 0.15) is 6.04 Å². The molecule has 1 aliphatic carbocycles. The van der Waals surface area contributed by atoms with Crippen LogP contribution in [0, 0.1) is 11.3 Å². The Morgan fingerprint density at radius 1 is 1.20 bits per heavy atom. The van der Waals surface area contributed by atoms with E-state index >= 15 is 0 Å². The third kappa shape index (κ3) is 3.07. The van der Waals surface area contributed by atoms with Crippen LogP contribution in [0.25, 0.3) is 0 Å². The second kappa shape index (κ2) is 5.62. The fourth-order valence-corrected chi connectivity index (χ4v) is 3.51. The molecule has 0 radical (unpaired) electrons. The van der Waals surface area contributed by atoms with Gasteiger partial charge in [0.25, 0.3) is 0 Å². The molecule has 5 heteroatoms. The van der Waals surface area contributed by atoms with Crippen LogP contribution in [0.15, 0.2) is 0 Å². The number of nitrogens with one attached hydrogen (secondary N) is 1. The summed E-state index contributed by atoms with van der Waals surface area (Å²) in [5, 5.41) is 12.0. The van der Waals surface area contributed by atoms with Crippen molar-refractivity contribution in [2.24, 2.45) is 11.3 Å². The Morgan fingerprint density at radius 3 is 2.45 bits per heavy atom. The lowest BCUT2D eigenvalue weighted by molar-refractivity contribution is -0.142. The zero-order chi connectivity index (χ0) is 14.9. The van der Waals surface area contributed by atoms with Crippen molar-refractivity contribution in [3.8, 4) is 0 Å². The molecule has 5 nitrogen and oxygen atoms in total. The number of amides is 2. The first-order chi connectivity index (χ1) is 9.30. The van der Waals surface area contributed by atoms with Crippen LogP contribution in [-0.4, -0.2) is 40.6 Å². The number of carboxylic acids is 1. The lowest BCUT2D eigenvalue weighted by Gasteiger charge is -2.34. The third-order valence-electron chi connectivity index (χ3n) is 4.65. The summed E-state index contributed by atoms with van der Waals surface area (Å²) in [5.74, 6) is -0.349. The molecule has 2 aliphatic rings. The highest BCUT2D eigenvalue weighted by Gasteiger charge is 2.40. The number of carbonyl (C=O) groups excluding carboxylic acids is 1. The van der Waals surface area contributed by atoms with Crippen LogP contribution in [0.4, 0.5) is 4.79 Å². The SMILES string of the molecule is CC(C)(C)[C@@H](NC(=O)N1CCC2CCCCC21)C(=O)O. The van der Waals surface area contributed by atoms with Crippen LogP contribution in [0.2, 0.25) is 0 Å². The van der Waals surface area contributed by atoms with Crippen LogP contribution >= 0.6 is 0 Å². The molecule has 0 aromatic carbocycles. The quantitative estimate of drug-likeness (QED) is 0.817. The summed E-state index contributed by atoms with van der Waals surface area (Å²) in [6.07, 6.45) is 5.76. The average molecular weight is 282 g/mol. The Labute approximate surface area is 120 Å². The predicted molar refractivity (Wildman–Crippen MR) is 76.5 cm³/mol. The van der Waals surface area contributed by atoms with Crippen molar-refractivity contribution >= 4 is 12.0 Å². The van der Waals surface area contributed by atoms with Crippen molar-refractivity contribution in [2.75, 3.05) is 6.54 Å². The lowest BCUT2D eigenvalue weighted by Crippen LogP contribution is -2.54. The molecule has 3 atom stereocenters. The second-order valence-electron chi connectivity index (χ2n) is 7.18. The van der Waals surface area contributed by atoms with Gasteiger partial charge in [0.15, 0.2) is 0 Å². The molecular weight excluding hydrogens is 256 g/mol. The maximum Gasteiger partial charge on any atom is 0.326 e. The average Bonchev–Trinajstić information content (AvgIpc) is 2.77. The number of aliphatic carboxylic acids is 1. The van der Waals surface area contributed by atoms with E-state index in [0.717, 1.165) is 19.4 Å². The molecule has 2 unspecified atom stereocenters. The van der Waals surface area contributed by atoms with Gasteiger partial charge in [-0.3, -0.25) is 0 Å². The maximum absolute atomic E-state index is 12.4. The van der Waals surface area contributed by atoms with Gasteiger partial charge in [-0.25, -0.2) is 9.59 Å². The molecule has 2 fully saturated rings. The minimum atomic E-state index is -0.967. The second-order valence-corrected chi connectivity index (χ2v) is 7.18. The fourth-order valence-electron chi connectivity index (χ4n) is 3.51. The Morgan fingerprint density at radius 2 is 1.85 bits per heavy atom. The van der Waals surface area contributed by atoms with Crippen LogP contribution in [0.3, 0.4) is 0 Å². The van der Waals surface area contributed by atoms with Gasteiger partial charge in [0, 0.05) is 12.6 Å². The number of hydrogen-bond donors (Lipinski definition) is 2. The van der Waals surface area contributed by atoms with Gasteiger partial charge >= 0.3 is 12.0 Å². The molecule has 1 saturated heterocycles. The van der Waals surface area contributed by atoms with Gasteiger partial charge in [-0.05, 0) is 30.6 Å². The van der Waals surface area contributed by atoms with Crippen LogP contribution in [0.1, 0.15) is 52.9 Å². The zero-order valence-corrected chi connectivity index (χ0v) is 12.7. The van der Waals surface area contributed by atoms with E-state index in [2.05, 4.69) is 5.32 Å². The van der Waals surface area contributed by atoms with Crippen LogP contribution in [0.5, 0.6) is 0 Å². The fraction of sp³-hybridized carbons (Fsp3) is 0.867. The van der Waals surface area contributed by atoms with Crippen molar-refractivity contribution in [1.29, 1.82) is 0 Å². The smallest absolute Gasteiger partial charge is 0.326 e. The number of hydrogen-bond acceptors (Lipinski definition) is 2. The summed E-state index contributed by atoms with van der Waals surface area (Å²) in [4.78, 5) is 25.6. The summed E-state index contributed by atoms with van der Waals surface area (Å²) < 4.78 is 0. The van der Waals surface area contributed by atoms with Crippen LogP contribution in [-0.2, 0) is 4.79 Å². The van der Waals surface area contributed by atoms with Crippen molar-refractivity contribution in [3.05, 3.63) is 0 Å². The number of carbonyl (C=O) groups is 2. The van der Waals surface area contributed by atoms with Gasteiger partial charge < -0.3 is 15.3 Å². The van der Waals surface area contributed by atoms with E-state index in [1.807, 2.05) is 25.7 Å². The van der Waals surface area contributed by atoms with Crippen molar-refractivity contribution in [2.45, 2.75) is 65.0 Å². The molecule has 20 heavy (non-hydrogen) atoms. The normalized spacial score (nSPS) is 27.9. The highest BCUT2D eigenvalue weighted by atomic mass is 16.4. The summed E-state index contributed by atoms with van der Waals surface area (Å²) in [7, 11) is 0. The highest BCUT2D eigenvalue weighted by molar-refractivity contribution is 5.83. The number of urea groups is 1. The minimum Gasteiger partial charge on any atom is -0.480 e. The van der Waals surface area contributed by atoms with Gasteiger partial charge in [-0.15, -0.1) is 0 Å². The molecule has 2 amide bonds. The molecule has 0 bridgehead atoms. The summed E-state index contributed by atoms with van der Waals surface area (Å²) in [5.41, 5.74) is -0.493. The van der Waals surface area contributed by atoms with E-state index in [1.165, 1.54) is 19.3 Å². The molecule has 0 spiro atoms. The zero-order valence-electron chi connectivity index (χ0n) is 12.7. The van der Waals surface area contributed by atoms with Crippen molar-refractivity contribution in [3.63, 3.8) is 0 Å². The number of nitrogens with zero attached hydrogens (tertiary/aromatic N) is 1.